The van der Waals surface area contributed by atoms with E-state index in [0.29, 0.717) is 12.2 Å². The summed E-state index contributed by atoms with van der Waals surface area (Å²) in [6, 6.07) is 0. The van der Waals surface area contributed by atoms with Gasteiger partial charge in [-0.25, -0.2) is 0 Å². The fourth-order valence-electron chi connectivity index (χ4n) is 6.01. The predicted molar refractivity (Wildman–Crippen MR) is 467 cm³/mol. The molecule has 14 heteroatoms. The van der Waals surface area contributed by atoms with Gasteiger partial charge in [0.05, 0.1) is 0 Å². The molecule has 0 aromatic rings. The van der Waals surface area contributed by atoms with Gasteiger partial charge in [0.1, 0.15) is 30.9 Å². The van der Waals surface area contributed by atoms with Gasteiger partial charge in [0.2, 0.25) is 0 Å². The van der Waals surface area contributed by atoms with Crippen LogP contribution >= 0.6 is 0 Å². The zero-order valence-corrected chi connectivity index (χ0v) is 73.3. The first-order valence-electron chi connectivity index (χ1n) is 35.2. The molecule has 97 heavy (non-hydrogen) atoms. The molecule has 2 unspecified atom stereocenters. The third kappa shape index (κ3) is 293. The van der Waals surface area contributed by atoms with E-state index in [-0.39, 0.29) is 140 Å². The molecular formula is C83H198Mg3O11. The van der Waals surface area contributed by atoms with E-state index in [1.807, 2.05) is 114 Å². The van der Waals surface area contributed by atoms with Crippen molar-refractivity contribution >= 4 is 100 Å². The molecule has 0 aromatic heterocycles. The molecule has 0 spiro atoms. The normalized spacial score (nSPS) is 14.1. The summed E-state index contributed by atoms with van der Waals surface area (Å²) in [4.78, 5) is 47.0. The van der Waals surface area contributed by atoms with Crippen LogP contribution in [0.1, 0.15) is 420 Å². The van der Waals surface area contributed by atoms with Gasteiger partial charge in [-0.15, -0.1) is 0 Å². The van der Waals surface area contributed by atoms with Crippen molar-refractivity contribution in [1.29, 1.82) is 0 Å². The number of carbonyl (C=O) groups excluding carboxylic acids is 5. The smallest absolute Gasteiger partial charge is 1.00 e. The van der Waals surface area contributed by atoms with Crippen molar-refractivity contribution in [3.8, 4) is 0 Å². The maximum Gasteiger partial charge on any atom is 2.00 e. The van der Waals surface area contributed by atoms with Crippen LogP contribution in [0.3, 0.4) is 0 Å². The van der Waals surface area contributed by atoms with E-state index in [9.17, 15) is 14.4 Å². The summed E-state index contributed by atoms with van der Waals surface area (Å²) in [5, 5.41) is 0. The van der Waals surface area contributed by atoms with Crippen molar-refractivity contribution in [3.05, 3.63) is 71.9 Å². The van der Waals surface area contributed by atoms with Crippen LogP contribution in [0.15, 0.2) is 71.9 Å². The Hall–Kier alpha value is -1.15. The van der Waals surface area contributed by atoms with Gasteiger partial charge in [-0.2, -0.15) is 0 Å². The van der Waals surface area contributed by atoms with E-state index in [2.05, 4.69) is 147 Å². The molecule has 2 fully saturated rings. The molecule has 0 radical (unpaired) electrons. The molecule has 4 aliphatic rings. The minimum absolute atomic E-state index is 0. The van der Waals surface area contributed by atoms with Crippen molar-refractivity contribution in [2.24, 2.45) is 29.6 Å². The fourth-order valence-corrected chi connectivity index (χ4v) is 6.01. The molecule has 0 saturated heterocycles. The van der Waals surface area contributed by atoms with Crippen LogP contribution in [-0.4, -0.2) is 117 Å². The standard InChI is InChI=1S/C8H16.2C8H14.C7H12O.2C6H12.C5H10O.C5H12.2C4H8.C3H6O.C3H8.2C2H4O.4C2H6.4CH4.3Mg.6H2O.6H/c3*1-7-3-5-8(2)6-4-7;1-6-2-4-7(8)5-3-6;2*1-3-5-6-4-2;1-2-3-4-5-6;1-3-5-4-2;2*1-3-4-2;1-2-3-4;1-3-2;2*1-2-3;4*1-2;;;;;;;;;;;;;;;;;;;/h7-8H,3-6H2,1-2H3;2*3,8H,4-6H2,1-2H3;6H,2-5H2,1H3;2*3,5H,4,6H2,1-2H3;5H,2-4H2,1H3;3-5H2,1-2H3;2*3-4H,1-2H3;3H,2H2,1H3;3H2,1-2H3;2*2H,1H3;4*1-2H3;4*1H4;;;;6*1H2;;;;;;/q;;;;;;;;;;;;;;;;;;;;;;3*+2;;;;;;;6*-1/b;;;;2*5-3+;;;;;;;;;;;;;;;;;;;;;;;;;;;;;;;. The molecule has 2 atom stereocenters. The third-order valence-electron chi connectivity index (χ3n) is 11.5. The average molecular weight is 1450 g/mol. The van der Waals surface area contributed by atoms with Crippen molar-refractivity contribution in [2.75, 3.05) is 0 Å². The molecular weight excluding hydrogens is 1250 g/mol. The fraction of sp³-hybridized carbons (Fsp3) is 0.795. The number of aldehydes is 4. The van der Waals surface area contributed by atoms with Crippen LogP contribution in [0.4, 0.5) is 0 Å². The third-order valence-corrected chi connectivity index (χ3v) is 11.5. The maximum atomic E-state index is 10.6. The summed E-state index contributed by atoms with van der Waals surface area (Å²) >= 11 is 0. The molecule has 2 saturated carbocycles. The molecule has 0 aromatic carbocycles. The largest absolute Gasteiger partial charge is 2.00 e. The van der Waals surface area contributed by atoms with Gasteiger partial charge in [0, 0.05) is 25.7 Å². The molecule has 0 heterocycles. The van der Waals surface area contributed by atoms with Gasteiger partial charge in [0.25, 0.3) is 0 Å². The van der Waals surface area contributed by atoms with Crippen LogP contribution in [0.2, 0.25) is 0 Å². The number of carbonyl (C=O) groups is 5. The van der Waals surface area contributed by atoms with Crippen LogP contribution in [0, 0.1) is 29.6 Å². The molecule has 4 rings (SSSR count). The van der Waals surface area contributed by atoms with E-state index in [0.717, 1.165) is 99.7 Å². The molecule has 602 valence electrons. The van der Waals surface area contributed by atoms with E-state index in [1.165, 1.54) is 129 Å². The molecule has 0 aliphatic heterocycles. The molecule has 0 bridgehead atoms. The number of allylic oxidation sites excluding steroid dienone is 12. The van der Waals surface area contributed by atoms with Gasteiger partial charge in [-0.05, 0) is 169 Å². The van der Waals surface area contributed by atoms with Crippen LogP contribution in [0.25, 0.3) is 0 Å². The van der Waals surface area contributed by atoms with Crippen molar-refractivity contribution in [1.82, 2.24) is 0 Å². The Bertz CT molecular complexity index is 1210. The van der Waals surface area contributed by atoms with Gasteiger partial charge >= 0.3 is 69.2 Å². The second-order valence-corrected chi connectivity index (χ2v) is 20.4. The minimum atomic E-state index is 0. The Balaban J connectivity index is -0.0000000163. The Morgan fingerprint density at radius 3 is 0.691 bits per heavy atom. The van der Waals surface area contributed by atoms with Gasteiger partial charge in [-0.1, -0.05) is 318 Å². The minimum Gasteiger partial charge on any atom is -1.00 e. The Morgan fingerprint density at radius 2 is 0.588 bits per heavy atom. The van der Waals surface area contributed by atoms with Crippen LogP contribution in [-0.2, 0) is 40.4 Å². The number of ketones is 1. The summed E-state index contributed by atoms with van der Waals surface area (Å²) in [5.74, 6) is 5.19. The SMILES string of the molecule is C.C.C.C.C/C=C/CCC.C/C=C/CCC.CC.CC.CC.CC.CC1=CCC(C)CC1.CC1=CCC(C)CC1.CC1CCC(=O)CC1.CC1CCC(C)CC1.CC=CC.CC=CC.CC=O.CC=O.CCC.CCC=O.CCCCC.CCCCC=O.[H-].[H-].[H-].[H-].[H-].[H-].[Mg+2].[Mg+2].[Mg+2].[OH-].[OH-].[OH-].[OH3+].[OH3+].[OH3+]. The predicted octanol–water partition coefficient (Wildman–Crippen LogP) is 26.9. The number of Topliss-reactive ketones (excluding diaryl/α,β-unsaturated/α-hetero) is 1. The maximum absolute atomic E-state index is 10.6. The second-order valence-electron chi connectivity index (χ2n) is 20.4. The van der Waals surface area contributed by atoms with Crippen molar-refractivity contribution in [3.63, 3.8) is 0 Å². The molecule has 11 nitrogen and oxygen atoms in total. The Labute approximate surface area is 673 Å². The Kier molecular flexibility index (Phi) is 397. The van der Waals surface area contributed by atoms with E-state index >= 15 is 0 Å². The average Bonchev–Trinajstić information content (AvgIpc) is 3.52. The van der Waals surface area contributed by atoms with E-state index < -0.39 is 0 Å². The quantitative estimate of drug-likeness (QED) is 0.0665. The number of hydrogen-bond donors (Lipinski definition) is 0. The van der Waals surface area contributed by atoms with Gasteiger partial charge < -0.3 is 60.6 Å². The number of hydrogen-bond acceptors (Lipinski definition) is 8. The summed E-state index contributed by atoms with van der Waals surface area (Å²) < 4.78 is 0. The first-order valence-corrected chi connectivity index (χ1v) is 35.2. The monoisotopic (exact) mass is 1440 g/mol. The first kappa shape index (κ1) is 182. The van der Waals surface area contributed by atoms with Gasteiger partial charge in [-0.3, -0.25) is 4.79 Å². The van der Waals surface area contributed by atoms with Crippen molar-refractivity contribution in [2.45, 2.75) is 411 Å². The molecule has 4 aliphatic carbocycles. The summed E-state index contributed by atoms with van der Waals surface area (Å²) in [6.45, 7) is 64.0. The zero-order valence-electron chi connectivity index (χ0n) is 75.1. The van der Waals surface area contributed by atoms with Gasteiger partial charge in [0.15, 0.2) is 0 Å². The molecule has 0 amide bonds. The first-order chi connectivity index (χ1) is 40.3. The van der Waals surface area contributed by atoms with Crippen molar-refractivity contribution < 1.29 is 65.4 Å². The Morgan fingerprint density at radius 1 is 0.371 bits per heavy atom. The van der Waals surface area contributed by atoms with Crippen LogP contribution < -0.4 is 0 Å². The summed E-state index contributed by atoms with van der Waals surface area (Å²) in [7, 11) is 0. The number of rotatable bonds is 10. The zero-order chi connectivity index (χ0) is 68.9. The summed E-state index contributed by atoms with van der Waals surface area (Å²) in [6.07, 6.45) is 56.4. The summed E-state index contributed by atoms with van der Waals surface area (Å²) in [5.41, 5.74) is 3.17. The topological polar surface area (TPSA) is 274 Å². The van der Waals surface area contributed by atoms with Crippen LogP contribution in [0.5, 0.6) is 0 Å². The van der Waals surface area contributed by atoms with E-state index in [1.54, 1.807) is 11.1 Å². The second kappa shape index (κ2) is 211. The van der Waals surface area contributed by atoms with E-state index in [4.69, 9.17) is 9.59 Å². The molecule has 12 N–H and O–H groups in total. The number of unbranched alkanes of at least 4 members (excludes halogenated alkanes) is 6.